The highest BCUT2D eigenvalue weighted by atomic mass is 35.5. The molecule has 0 saturated heterocycles. The van der Waals surface area contributed by atoms with Crippen LogP contribution < -0.4 is 15.8 Å². The van der Waals surface area contributed by atoms with Crippen LogP contribution in [0.2, 0.25) is 10.0 Å². The van der Waals surface area contributed by atoms with Crippen LogP contribution in [0.4, 0.5) is 14.5 Å². The van der Waals surface area contributed by atoms with Crippen molar-refractivity contribution in [3.63, 3.8) is 0 Å². The second kappa shape index (κ2) is 9.02. The van der Waals surface area contributed by atoms with Crippen molar-refractivity contribution in [2.75, 3.05) is 11.9 Å². The van der Waals surface area contributed by atoms with E-state index in [4.69, 9.17) is 28.9 Å². The number of unbranched alkanes of at least 4 members (excludes halogenated alkanes) is 2. The number of alkyl halides is 2. The van der Waals surface area contributed by atoms with E-state index in [9.17, 15) is 13.6 Å². The molecule has 0 aliphatic carbocycles. The number of hydrogen-bond donors (Lipinski definition) is 2. The quantitative estimate of drug-likeness (QED) is 0.701. The van der Waals surface area contributed by atoms with Gasteiger partial charge in [-0.05, 0) is 31.5 Å². The zero-order valence-corrected chi connectivity index (χ0v) is 12.7. The maximum Gasteiger partial charge on any atom is 0.387 e. The average Bonchev–Trinajstić information content (AvgIpc) is 2.39. The molecule has 1 rings (SSSR count). The van der Waals surface area contributed by atoms with Gasteiger partial charge >= 0.3 is 6.61 Å². The number of nitrogens with one attached hydrogen (secondary N) is 1. The highest BCUT2D eigenvalue weighted by molar-refractivity contribution is 6.37. The van der Waals surface area contributed by atoms with Crippen molar-refractivity contribution in [2.24, 2.45) is 5.73 Å². The van der Waals surface area contributed by atoms with E-state index < -0.39 is 6.61 Å². The van der Waals surface area contributed by atoms with Crippen LogP contribution in [0.1, 0.15) is 25.7 Å². The Morgan fingerprint density at radius 3 is 2.38 bits per heavy atom. The molecule has 1 aromatic carbocycles. The zero-order valence-electron chi connectivity index (χ0n) is 11.2. The van der Waals surface area contributed by atoms with Crippen molar-refractivity contribution in [2.45, 2.75) is 32.3 Å². The summed E-state index contributed by atoms with van der Waals surface area (Å²) in [6, 6.07) is 2.62. The normalized spacial score (nSPS) is 10.8. The first-order chi connectivity index (χ1) is 9.93. The van der Waals surface area contributed by atoms with Crippen LogP contribution in [0.5, 0.6) is 5.75 Å². The molecule has 0 heterocycles. The molecule has 118 valence electrons. The first kappa shape index (κ1) is 17.9. The molecular formula is C13H16Cl2F2N2O2. The zero-order chi connectivity index (χ0) is 15.8. The molecule has 0 aromatic heterocycles. The summed E-state index contributed by atoms with van der Waals surface area (Å²) in [5.41, 5.74) is 5.68. The average molecular weight is 341 g/mol. The predicted octanol–water partition coefficient (Wildman–Crippen LogP) is 4.05. The summed E-state index contributed by atoms with van der Waals surface area (Å²) in [6.07, 6.45) is 2.79. The van der Waals surface area contributed by atoms with Crippen molar-refractivity contribution in [1.82, 2.24) is 0 Å². The Kier molecular flexibility index (Phi) is 7.71. The maximum absolute atomic E-state index is 12.2. The number of anilines is 1. The van der Waals surface area contributed by atoms with Gasteiger partial charge in [0.05, 0.1) is 10.0 Å². The summed E-state index contributed by atoms with van der Waals surface area (Å²) in [4.78, 5) is 11.7. The molecule has 0 atom stereocenters. The topological polar surface area (TPSA) is 64.4 Å². The third kappa shape index (κ3) is 6.46. The van der Waals surface area contributed by atoms with Gasteiger partial charge in [0.25, 0.3) is 0 Å². The van der Waals surface area contributed by atoms with Crippen LogP contribution in [0.25, 0.3) is 0 Å². The van der Waals surface area contributed by atoms with Crippen LogP contribution in [-0.2, 0) is 4.79 Å². The molecule has 0 aliphatic heterocycles. The van der Waals surface area contributed by atoms with Gasteiger partial charge in [-0.2, -0.15) is 8.78 Å². The van der Waals surface area contributed by atoms with Crippen molar-refractivity contribution in [3.05, 3.63) is 22.2 Å². The van der Waals surface area contributed by atoms with Crippen LogP contribution in [0.3, 0.4) is 0 Å². The van der Waals surface area contributed by atoms with Gasteiger partial charge in [0.2, 0.25) is 5.91 Å². The number of rotatable bonds is 8. The molecular weight excluding hydrogens is 325 g/mol. The van der Waals surface area contributed by atoms with Gasteiger partial charge < -0.3 is 15.8 Å². The molecule has 1 amide bonds. The van der Waals surface area contributed by atoms with E-state index in [0.29, 0.717) is 18.7 Å². The van der Waals surface area contributed by atoms with Crippen molar-refractivity contribution in [3.8, 4) is 5.75 Å². The van der Waals surface area contributed by atoms with E-state index >= 15 is 0 Å². The van der Waals surface area contributed by atoms with E-state index in [2.05, 4.69) is 10.1 Å². The number of benzene rings is 1. The number of carbonyl (C=O) groups excluding carboxylic acids is 1. The lowest BCUT2D eigenvalue weighted by atomic mass is 10.2. The number of carbonyl (C=O) groups is 1. The molecule has 0 aliphatic rings. The summed E-state index contributed by atoms with van der Waals surface area (Å²) in [7, 11) is 0. The van der Waals surface area contributed by atoms with Gasteiger partial charge in [0.1, 0.15) is 0 Å². The monoisotopic (exact) mass is 340 g/mol. The SMILES string of the molecule is NCCCCCC(=O)Nc1cc(Cl)c(OC(F)F)c(Cl)c1. The Morgan fingerprint density at radius 1 is 1.24 bits per heavy atom. The van der Waals surface area contributed by atoms with Gasteiger partial charge in [0.15, 0.2) is 5.75 Å². The van der Waals surface area contributed by atoms with Gasteiger partial charge in [0, 0.05) is 12.1 Å². The molecule has 0 fully saturated rings. The fourth-order valence-electron chi connectivity index (χ4n) is 1.66. The number of ether oxygens (including phenoxy) is 1. The van der Waals surface area contributed by atoms with Gasteiger partial charge in [-0.1, -0.05) is 29.6 Å². The maximum atomic E-state index is 12.2. The number of hydrogen-bond acceptors (Lipinski definition) is 3. The lowest BCUT2D eigenvalue weighted by Gasteiger charge is -2.11. The summed E-state index contributed by atoms with van der Waals surface area (Å²) in [6.45, 7) is -2.43. The minimum Gasteiger partial charge on any atom is -0.432 e. The van der Waals surface area contributed by atoms with E-state index in [-0.39, 0.29) is 21.7 Å². The van der Waals surface area contributed by atoms with E-state index in [0.717, 1.165) is 19.3 Å². The summed E-state index contributed by atoms with van der Waals surface area (Å²) < 4.78 is 28.6. The standard InChI is InChI=1S/C13H16Cl2F2N2O2/c14-9-6-8(7-10(15)12(9)21-13(16)17)19-11(20)4-2-1-3-5-18/h6-7,13H,1-5,18H2,(H,19,20). The largest absolute Gasteiger partial charge is 0.432 e. The molecule has 0 radical (unpaired) electrons. The fraction of sp³-hybridized carbons (Fsp3) is 0.462. The smallest absolute Gasteiger partial charge is 0.387 e. The van der Waals surface area contributed by atoms with E-state index in [1.165, 1.54) is 12.1 Å². The Labute approximate surface area is 131 Å². The Morgan fingerprint density at radius 2 is 1.86 bits per heavy atom. The highest BCUT2D eigenvalue weighted by Gasteiger charge is 2.15. The third-order valence-electron chi connectivity index (χ3n) is 2.60. The first-order valence-electron chi connectivity index (χ1n) is 6.37. The van der Waals surface area contributed by atoms with E-state index in [1.807, 2.05) is 0 Å². The first-order valence-corrected chi connectivity index (χ1v) is 7.13. The van der Waals surface area contributed by atoms with Crippen LogP contribution in [0, 0.1) is 0 Å². The highest BCUT2D eigenvalue weighted by Crippen LogP contribution is 2.37. The number of amides is 1. The molecule has 0 saturated carbocycles. The Bertz CT molecular complexity index is 464. The molecule has 8 heteroatoms. The Hall–Kier alpha value is -1.11. The van der Waals surface area contributed by atoms with Crippen LogP contribution in [0.15, 0.2) is 12.1 Å². The lowest BCUT2D eigenvalue weighted by molar-refractivity contribution is -0.116. The van der Waals surface area contributed by atoms with Gasteiger partial charge in [-0.25, -0.2) is 0 Å². The van der Waals surface area contributed by atoms with Crippen LogP contribution in [-0.4, -0.2) is 19.1 Å². The van der Waals surface area contributed by atoms with Crippen molar-refractivity contribution in [1.29, 1.82) is 0 Å². The molecule has 0 unspecified atom stereocenters. The Balaban J connectivity index is 2.62. The molecule has 0 bridgehead atoms. The van der Waals surface area contributed by atoms with E-state index in [1.54, 1.807) is 0 Å². The molecule has 21 heavy (non-hydrogen) atoms. The molecule has 0 spiro atoms. The molecule has 3 N–H and O–H groups in total. The molecule has 4 nitrogen and oxygen atoms in total. The van der Waals surface area contributed by atoms with Crippen molar-refractivity contribution >= 4 is 34.8 Å². The number of halogens is 4. The lowest BCUT2D eigenvalue weighted by Crippen LogP contribution is -2.12. The second-order valence-electron chi connectivity index (χ2n) is 4.30. The summed E-state index contributed by atoms with van der Waals surface area (Å²) >= 11 is 11.6. The van der Waals surface area contributed by atoms with Gasteiger partial charge in [-0.3, -0.25) is 4.79 Å². The van der Waals surface area contributed by atoms with Gasteiger partial charge in [-0.15, -0.1) is 0 Å². The minimum absolute atomic E-state index is 0.0961. The van der Waals surface area contributed by atoms with Crippen molar-refractivity contribution < 1.29 is 18.3 Å². The third-order valence-corrected chi connectivity index (χ3v) is 3.16. The summed E-state index contributed by atoms with van der Waals surface area (Å²) in [5, 5.41) is 2.41. The number of nitrogens with two attached hydrogens (primary N) is 1. The summed E-state index contributed by atoms with van der Waals surface area (Å²) in [5.74, 6) is -0.518. The second-order valence-corrected chi connectivity index (χ2v) is 5.11. The minimum atomic E-state index is -3.03. The fourth-order valence-corrected chi connectivity index (χ4v) is 2.24. The van der Waals surface area contributed by atoms with Crippen LogP contribution >= 0.6 is 23.2 Å². The molecule has 1 aromatic rings. The predicted molar refractivity (Wildman–Crippen MR) is 79.2 cm³/mol.